The van der Waals surface area contributed by atoms with Gasteiger partial charge in [0.25, 0.3) is 5.91 Å². The first kappa shape index (κ1) is 46.7. The summed E-state index contributed by atoms with van der Waals surface area (Å²) in [5.41, 5.74) is 10.9. The lowest BCUT2D eigenvalue weighted by Crippen LogP contribution is -2.24. The number of aromatic carboxylic acids is 1. The summed E-state index contributed by atoms with van der Waals surface area (Å²) in [5, 5.41) is 23.9. The van der Waals surface area contributed by atoms with E-state index in [1.165, 1.54) is 28.1 Å². The molecule has 60 heavy (non-hydrogen) atoms. The van der Waals surface area contributed by atoms with Gasteiger partial charge in [0, 0.05) is 48.8 Å². The maximum atomic E-state index is 12.6. The predicted molar refractivity (Wildman–Crippen MR) is 242 cm³/mol. The molecule has 6 aromatic heterocycles. The summed E-state index contributed by atoms with van der Waals surface area (Å²) in [6, 6.07) is 12.2. The number of thiazole rings is 2. The van der Waals surface area contributed by atoms with E-state index in [2.05, 4.69) is 69.1 Å². The smallest absolute Gasteiger partial charge is 0.355 e. The van der Waals surface area contributed by atoms with Crippen molar-refractivity contribution in [1.29, 1.82) is 0 Å². The van der Waals surface area contributed by atoms with E-state index in [1.54, 1.807) is 17.8 Å². The number of carboxylic acid groups (broad SMARTS) is 1. The molecule has 6 heterocycles. The van der Waals surface area contributed by atoms with Crippen molar-refractivity contribution in [1.82, 2.24) is 39.5 Å². The van der Waals surface area contributed by atoms with Gasteiger partial charge in [0.05, 0.1) is 47.1 Å². The van der Waals surface area contributed by atoms with Gasteiger partial charge in [-0.15, -0.1) is 22.7 Å². The molecule has 0 unspecified atom stereocenters. The number of aromatic nitrogens is 8. The number of amides is 1. The molecule has 4 N–H and O–H groups in total. The maximum absolute atomic E-state index is 12.6. The molecule has 6 aromatic rings. The average Bonchev–Trinajstić information content (AvgIpc) is 4.07. The van der Waals surface area contributed by atoms with Crippen LogP contribution in [0.25, 0.3) is 22.8 Å². The Kier molecular flexibility index (Phi) is 17.9. The molecule has 2 saturated carbocycles. The van der Waals surface area contributed by atoms with Crippen LogP contribution in [-0.2, 0) is 9.47 Å². The molecule has 0 aliphatic heterocycles. The van der Waals surface area contributed by atoms with Crippen molar-refractivity contribution < 1.29 is 24.2 Å². The molecule has 320 valence electrons. The van der Waals surface area contributed by atoms with Crippen LogP contribution in [-0.4, -0.2) is 81.9 Å². The molecule has 0 aromatic carbocycles. The van der Waals surface area contributed by atoms with Crippen LogP contribution in [0.3, 0.4) is 0 Å². The number of nitrogen functional groups attached to an aromatic ring is 1. The van der Waals surface area contributed by atoms with Gasteiger partial charge in [0.1, 0.15) is 17.1 Å². The number of carbonyl (C=O) groups is 2. The molecule has 19 heteroatoms. The highest BCUT2D eigenvalue weighted by Gasteiger charge is 2.27. The average molecular weight is 987 g/mol. The van der Waals surface area contributed by atoms with E-state index >= 15 is 0 Å². The van der Waals surface area contributed by atoms with Crippen LogP contribution in [0, 0.1) is 0 Å². The normalized spacial score (nSPS) is 18.5. The zero-order valence-electron chi connectivity index (χ0n) is 32.6. The van der Waals surface area contributed by atoms with E-state index in [1.807, 2.05) is 65.1 Å². The number of hydrogen-bond acceptors (Lipinski definition) is 13. The number of hydrogen-bond donors (Lipinski definition) is 3. The van der Waals surface area contributed by atoms with Gasteiger partial charge in [-0.1, -0.05) is 19.6 Å². The van der Waals surface area contributed by atoms with Crippen LogP contribution in [0.5, 0.6) is 0 Å². The Morgan fingerprint density at radius 2 is 1.25 bits per heavy atom. The third-order valence-corrected chi connectivity index (χ3v) is 12.5. The predicted octanol–water partition coefficient (Wildman–Crippen LogP) is 10.2. The van der Waals surface area contributed by atoms with Gasteiger partial charge in [-0.05, 0) is 121 Å². The Balaban J connectivity index is 0.000000192. The van der Waals surface area contributed by atoms with Gasteiger partial charge in [-0.2, -0.15) is 10.2 Å². The second-order valence-corrected chi connectivity index (χ2v) is 18.0. The van der Waals surface area contributed by atoms with E-state index in [0.717, 1.165) is 81.7 Å². The monoisotopic (exact) mass is 984 g/mol. The van der Waals surface area contributed by atoms with E-state index in [4.69, 9.17) is 25.4 Å². The van der Waals surface area contributed by atoms with Crippen molar-refractivity contribution in [2.24, 2.45) is 0 Å². The van der Waals surface area contributed by atoms with Gasteiger partial charge in [-0.3, -0.25) is 24.1 Å². The van der Waals surface area contributed by atoms with Crippen LogP contribution in [0.2, 0.25) is 0 Å². The molecule has 1 amide bonds. The molecule has 0 saturated heterocycles. The van der Waals surface area contributed by atoms with Crippen molar-refractivity contribution in [2.45, 2.75) is 96.9 Å². The SMILES string of the molecule is C.CCOC1CCC(n2cc(N)c(-c3ccccn3)n2)CC1.CCOC1CCC(n2cc(NC(=O)c3csc(Br)n3)c(-c3ccccn3)n2)CC1.O=C(O)c1csc(Br)n1. The molecule has 0 bridgehead atoms. The van der Waals surface area contributed by atoms with Gasteiger partial charge in [0.15, 0.2) is 13.5 Å². The van der Waals surface area contributed by atoms with Crippen molar-refractivity contribution in [3.63, 3.8) is 0 Å². The van der Waals surface area contributed by atoms with Crippen LogP contribution >= 0.6 is 54.5 Å². The summed E-state index contributed by atoms with van der Waals surface area (Å²) in [7, 11) is 0. The number of halogens is 2. The highest BCUT2D eigenvalue weighted by atomic mass is 79.9. The number of pyridine rings is 2. The molecule has 15 nitrogen and oxygen atoms in total. The van der Waals surface area contributed by atoms with Crippen molar-refractivity contribution in [3.05, 3.63) is 91.2 Å². The summed E-state index contributed by atoms with van der Waals surface area (Å²) in [6.45, 7) is 5.64. The van der Waals surface area contributed by atoms with Crippen molar-refractivity contribution in [3.8, 4) is 22.8 Å². The first-order chi connectivity index (χ1) is 28.6. The number of ether oxygens (including phenoxy) is 2. The number of carboxylic acids is 1. The van der Waals surface area contributed by atoms with Gasteiger partial charge < -0.3 is 25.6 Å². The Bertz CT molecular complexity index is 2240. The summed E-state index contributed by atoms with van der Waals surface area (Å²) >= 11 is 8.98. The Morgan fingerprint density at radius 1 is 0.767 bits per heavy atom. The van der Waals surface area contributed by atoms with Gasteiger partial charge >= 0.3 is 5.97 Å². The highest BCUT2D eigenvalue weighted by molar-refractivity contribution is 9.11. The molecule has 0 atom stereocenters. The first-order valence-corrected chi connectivity index (χ1v) is 22.7. The second-order valence-electron chi connectivity index (χ2n) is 13.7. The number of nitrogens with zero attached hydrogens (tertiary/aromatic N) is 8. The molecule has 0 radical (unpaired) electrons. The third kappa shape index (κ3) is 12.8. The minimum absolute atomic E-state index is 0. The fourth-order valence-electron chi connectivity index (χ4n) is 6.97. The molecule has 2 aliphatic rings. The quantitative estimate of drug-likeness (QED) is 0.111. The summed E-state index contributed by atoms with van der Waals surface area (Å²) in [6.07, 6.45) is 16.5. The number of nitrogens with one attached hydrogen (secondary N) is 1. The molecular formula is C41H50Br2N10O5S2. The molecule has 8 rings (SSSR count). The van der Waals surface area contributed by atoms with Gasteiger partial charge in [0.2, 0.25) is 0 Å². The van der Waals surface area contributed by atoms with E-state index in [9.17, 15) is 9.59 Å². The summed E-state index contributed by atoms with van der Waals surface area (Å²) in [5.74, 6) is -1.25. The fourth-order valence-corrected chi connectivity index (χ4v) is 8.95. The highest BCUT2D eigenvalue weighted by Crippen LogP contribution is 2.35. The zero-order valence-corrected chi connectivity index (χ0v) is 37.4. The number of nitrogens with two attached hydrogens (primary N) is 1. The Labute approximate surface area is 374 Å². The van der Waals surface area contributed by atoms with E-state index in [-0.39, 0.29) is 25.1 Å². The van der Waals surface area contributed by atoms with E-state index < -0.39 is 5.97 Å². The van der Waals surface area contributed by atoms with Crippen LogP contribution in [0.1, 0.15) is 106 Å². The number of anilines is 2. The van der Waals surface area contributed by atoms with Crippen molar-refractivity contribution in [2.75, 3.05) is 24.3 Å². The largest absolute Gasteiger partial charge is 0.476 e. The lowest BCUT2D eigenvalue weighted by Gasteiger charge is -2.28. The topological polar surface area (TPSA) is 198 Å². The second kappa shape index (κ2) is 23.0. The summed E-state index contributed by atoms with van der Waals surface area (Å²) in [4.78, 5) is 39.4. The lowest BCUT2D eigenvalue weighted by molar-refractivity contribution is 0.0258. The molecule has 0 spiro atoms. The molecule has 2 aliphatic carbocycles. The van der Waals surface area contributed by atoms with Gasteiger partial charge in [-0.25, -0.2) is 14.8 Å². The van der Waals surface area contributed by atoms with Crippen LogP contribution < -0.4 is 11.1 Å². The Morgan fingerprint density at radius 3 is 1.68 bits per heavy atom. The van der Waals surface area contributed by atoms with Crippen molar-refractivity contribution >= 4 is 77.8 Å². The minimum Gasteiger partial charge on any atom is -0.476 e. The third-order valence-electron chi connectivity index (χ3n) is 9.80. The maximum Gasteiger partial charge on any atom is 0.355 e. The van der Waals surface area contributed by atoms with Crippen LogP contribution in [0.4, 0.5) is 11.4 Å². The number of rotatable bonds is 11. The number of carbonyl (C=O) groups excluding carboxylic acids is 1. The minimum atomic E-state index is -0.989. The fraction of sp³-hybridized carbons (Fsp3) is 0.415. The lowest BCUT2D eigenvalue weighted by atomic mass is 9.93. The Hall–Kier alpha value is -4.40. The van der Waals surface area contributed by atoms with Crippen LogP contribution in [0.15, 0.2) is 79.8 Å². The molecular weight excluding hydrogens is 936 g/mol. The standard InChI is InChI=1S/C20H22BrN5O2S.C16H22N4O.C4H2BrNO2S.CH4/c1-2-28-14-8-6-13(7-9-14)26-11-16(18(25-26)15-5-3-4-10-22-15)23-19(27)17-12-29-20(21)24-17;1-2-21-13-8-6-12(7-9-13)20-11-14(17)16(19-20)15-5-3-4-10-18-15;5-4-6-2(1-9-4)3(7)8;/h3-5,10-14H,2,6-9H2,1H3,(H,23,27);3-5,10-13H,2,6-9,17H2,1H3;1H,(H,7,8);1H4. The zero-order chi connectivity index (χ0) is 41.7. The first-order valence-electron chi connectivity index (χ1n) is 19.4. The molecule has 2 fully saturated rings. The van der Waals surface area contributed by atoms with E-state index in [0.29, 0.717) is 48.8 Å². The summed E-state index contributed by atoms with van der Waals surface area (Å²) < 4.78 is 16.7.